The van der Waals surface area contributed by atoms with Crippen molar-refractivity contribution in [2.45, 2.75) is 44.2 Å². The summed E-state index contributed by atoms with van der Waals surface area (Å²) in [4.78, 5) is 2.77. The molecule has 1 aliphatic carbocycles. The van der Waals surface area contributed by atoms with Gasteiger partial charge in [0, 0.05) is 12.1 Å². The van der Waals surface area contributed by atoms with Gasteiger partial charge in [-0.2, -0.15) is 0 Å². The first-order valence-electron chi connectivity index (χ1n) is 5.91. The van der Waals surface area contributed by atoms with Gasteiger partial charge in [-0.05, 0) is 51.2 Å². The molecule has 0 radical (unpaired) electrons. The first kappa shape index (κ1) is 10.7. The van der Waals surface area contributed by atoms with Crippen molar-refractivity contribution in [3.8, 4) is 0 Å². The van der Waals surface area contributed by atoms with Crippen LogP contribution in [0, 0.1) is 5.92 Å². The van der Waals surface area contributed by atoms with Crippen LogP contribution in [-0.4, -0.2) is 36.6 Å². The zero-order chi connectivity index (χ0) is 8.67. The van der Waals surface area contributed by atoms with Gasteiger partial charge in [0.2, 0.25) is 0 Å². The summed E-state index contributed by atoms with van der Waals surface area (Å²) in [5, 5.41) is 3.60. The maximum absolute atomic E-state index is 3.60. The summed E-state index contributed by atoms with van der Waals surface area (Å²) in [5.41, 5.74) is 0. The molecule has 0 aromatic rings. The summed E-state index contributed by atoms with van der Waals surface area (Å²) in [6, 6.07) is 1.82. The molecule has 3 atom stereocenters. The van der Waals surface area contributed by atoms with Crippen LogP contribution in [0.2, 0.25) is 0 Å². The number of hydrogen-bond donors (Lipinski definition) is 1. The molecule has 2 bridgehead atoms. The third-order valence-corrected chi connectivity index (χ3v) is 4.19. The van der Waals surface area contributed by atoms with Gasteiger partial charge in [-0.15, -0.1) is 12.4 Å². The van der Waals surface area contributed by atoms with E-state index in [0.717, 1.165) is 18.0 Å². The van der Waals surface area contributed by atoms with Gasteiger partial charge in [0.15, 0.2) is 0 Å². The zero-order valence-corrected chi connectivity index (χ0v) is 9.56. The maximum Gasteiger partial charge on any atom is 0.0151 e. The van der Waals surface area contributed by atoms with Crippen LogP contribution in [0.25, 0.3) is 0 Å². The van der Waals surface area contributed by atoms with E-state index in [1.54, 1.807) is 0 Å². The summed E-state index contributed by atoms with van der Waals surface area (Å²) in [6.45, 7) is 4.06. The fraction of sp³-hybridized carbons (Fsp3) is 1.00. The minimum Gasteiger partial charge on any atom is -0.314 e. The highest BCUT2D eigenvalue weighted by atomic mass is 35.5. The second kappa shape index (κ2) is 4.38. The van der Waals surface area contributed by atoms with E-state index in [1.165, 1.54) is 51.7 Å². The Hall–Kier alpha value is 0.210. The average molecular weight is 217 g/mol. The summed E-state index contributed by atoms with van der Waals surface area (Å²) in [6.07, 6.45) is 7.25. The van der Waals surface area contributed by atoms with Crippen LogP contribution in [0.1, 0.15) is 32.1 Å². The molecule has 0 aromatic carbocycles. The molecule has 0 amide bonds. The molecule has 2 saturated heterocycles. The van der Waals surface area contributed by atoms with Gasteiger partial charge in [-0.1, -0.05) is 6.42 Å². The van der Waals surface area contributed by atoms with Crippen molar-refractivity contribution >= 4 is 12.4 Å². The van der Waals surface area contributed by atoms with Crippen LogP contribution in [0.15, 0.2) is 0 Å². The molecule has 2 aliphatic heterocycles. The third kappa shape index (κ3) is 1.80. The van der Waals surface area contributed by atoms with E-state index in [-0.39, 0.29) is 12.4 Å². The Bertz CT molecular complexity index is 192. The predicted molar refractivity (Wildman–Crippen MR) is 61.0 cm³/mol. The van der Waals surface area contributed by atoms with E-state index in [1.807, 2.05) is 0 Å². The molecule has 0 aromatic heterocycles. The van der Waals surface area contributed by atoms with Crippen molar-refractivity contribution in [2.24, 2.45) is 5.92 Å². The number of likely N-dealkylation sites (tertiary alicyclic amines) is 1. The summed E-state index contributed by atoms with van der Waals surface area (Å²) in [5.74, 6) is 0.989. The largest absolute Gasteiger partial charge is 0.314 e. The van der Waals surface area contributed by atoms with Crippen molar-refractivity contribution < 1.29 is 0 Å². The minimum absolute atomic E-state index is 0. The molecule has 14 heavy (non-hydrogen) atoms. The van der Waals surface area contributed by atoms with Crippen molar-refractivity contribution in [3.63, 3.8) is 0 Å². The number of piperidine rings is 2. The zero-order valence-electron chi connectivity index (χ0n) is 8.74. The van der Waals surface area contributed by atoms with E-state index in [2.05, 4.69) is 10.2 Å². The van der Waals surface area contributed by atoms with Crippen LogP contribution in [0.4, 0.5) is 0 Å². The average Bonchev–Trinajstić information content (AvgIpc) is 2.80. The van der Waals surface area contributed by atoms with E-state index in [4.69, 9.17) is 0 Å². The highest BCUT2D eigenvalue weighted by molar-refractivity contribution is 5.85. The lowest BCUT2D eigenvalue weighted by Crippen LogP contribution is -2.46. The van der Waals surface area contributed by atoms with E-state index < -0.39 is 0 Å². The van der Waals surface area contributed by atoms with Crippen molar-refractivity contribution in [1.29, 1.82) is 0 Å². The van der Waals surface area contributed by atoms with Crippen molar-refractivity contribution in [2.75, 3.05) is 19.6 Å². The molecular weight excluding hydrogens is 196 g/mol. The third-order valence-electron chi connectivity index (χ3n) is 4.19. The van der Waals surface area contributed by atoms with Crippen LogP contribution >= 0.6 is 12.4 Å². The summed E-state index contributed by atoms with van der Waals surface area (Å²) >= 11 is 0. The van der Waals surface area contributed by atoms with Crippen molar-refractivity contribution in [3.05, 3.63) is 0 Å². The van der Waals surface area contributed by atoms with E-state index in [0.29, 0.717) is 0 Å². The lowest BCUT2D eigenvalue weighted by molar-refractivity contribution is 0.124. The minimum atomic E-state index is 0. The monoisotopic (exact) mass is 216 g/mol. The first-order chi connectivity index (χ1) is 6.43. The van der Waals surface area contributed by atoms with E-state index >= 15 is 0 Å². The topological polar surface area (TPSA) is 15.3 Å². The van der Waals surface area contributed by atoms with Crippen LogP contribution in [0.5, 0.6) is 0 Å². The molecule has 3 rings (SSSR count). The van der Waals surface area contributed by atoms with E-state index in [9.17, 15) is 0 Å². The molecule has 82 valence electrons. The lowest BCUT2D eigenvalue weighted by Gasteiger charge is -2.37. The first-order valence-corrected chi connectivity index (χ1v) is 5.91. The van der Waals surface area contributed by atoms with Crippen LogP contribution in [-0.2, 0) is 0 Å². The smallest absolute Gasteiger partial charge is 0.0151 e. The number of rotatable bonds is 1. The molecule has 0 spiro atoms. The molecular formula is C11H21ClN2. The summed E-state index contributed by atoms with van der Waals surface area (Å²) < 4.78 is 0. The number of halogens is 1. The number of nitrogens with one attached hydrogen (secondary N) is 1. The fourth-order valence-corrected chi connectivity index (χ4v) is 3.50. The Kier molecular flexibility index (Phi) is 3.35. The Morgan fingerprint density at radius 1 is 1.00 bits per heavy atom. The van der Waals surface area contributed by atoms with Crippen LogP contribution in [0.3, 0.4) is 0 Å². The predicted octanol–water partition coefficient (Wildman–Crippen LogP) is 1.64. The van der Waals surface area contributed by atoms with Gasteiger partial charge in [0.25, 0.3) is 0 Å². The van der Waals surface area contributed by atoms with Crippen molar-refractivity contribution in [1.82, 2.24) is 10.2 Å². The number of nitrogens with zero attached hydrogens (tertiary/aromatic N) is 1. The number of fused-ring (bicyclic) bond motifs is 2. The van der Waals surface area contributed by atoms with Gasteiger partial charge in [0.1, 0.15) is 0 Å². The normalized spacial score (nSPS) is 42.4. The standard InChI is InChI=1S/C11H20N2.ClH/c1-2-4-13(5-3-1)11-7-10-6-9(11)8-12-10;/h9-12H,1-8H2;1H. The number of hydrogen-bond acceptors (Lipinski definition) is 2. The lowest BCUT2D eigenvalue weighted by atomic mass is 9.99. The Balaban J connectivity index is 0.000000750. The molecule has 3 unspecified atom stereocenters. The quantitative estimate of drug-likeness (QED) is 0.717. The molecule has 3 heteroatoms. The second-order valence-electron chi connectivity index (χ2n) is 5.00. The highest BCUT2D eigenvalue weighted by Gasteiger charge is 2.42. The fourth-order valence-electron chi connectivity index (χ4n) is 3.50. The van der Waals surface area contributed by atoms with Crippen LogP contribution < -0.4 is 5.32 Å². The molecule has 1 saturated carbocycles. The molecule has 3 fully saturated rings. The highest BCUT2D eigenvalue weighted by Crippen LogP contribution is 2.35. The second-order valence-corrected chi connectivity index (χ2v) is 5.00. The van der Waals surface area contributed by atoms with Gasteiger partial charge in [-0.25, -0.2) is 0 Å². The Labute approximate surface area is 92.8 Å². The SMILES string of the molecule is C1CCN(C2CC3CC2CN3)CC1.Cl. The molecule has 3 aliphatic rings. The molecule has 1 N–H and O–H groups in total. The Morgan fingerprint density at radius 2 is 1.79 bits per heavy atom. The maximum atomic E-state index is 3.60. The Morgan fingerprint density at radius 3 is 2.36 bits per heavy atom. The molecule has 2 nitrogen and oxygen atoms in total. The van der Waals surface area contributed by atoms with Gasteiger partial charge < -0.3 is 10.2 Å². The van der Waals surface area contributed by atoms with Gasteiger partial charge in [-0.3, -0.25) is 0 Å². The summed E-state index contributed by atoms with van der Waals surface area (Å²) in [7, 11) is 0. The van der Waals surface area contributed by atoms with Gasteiger partial charge >= 0.3 is 0 Å². The molecule has 2 heterocycles. The van der Waals surface area contributed by atoms with Gasteiger partial charge in [0.05, 0.1) is 0 Å².